The van der Waals surface area contributed by atoms with Gasteiger partial charge in [0.05, 0.1) is 18.1 Å². The van der Waals surface area contributed by atoms with Crippen LogP contribution in [0.3, 0.4) is 0 Å². The third-order valence-electron chi connectivity index (χ3n) is 4.20. The number of aryl methyl sites for hydroxylation is 1. The van der Waals surface area contributed by atoms with Crippen LogP contribution in [0.15, 0.2) is 11.3 Å². The predicted molar refractivity (Wildman–Crippen MR) is 84.5 cm³/mol. The van der Waals surface area contributed by atoms with E-state index in [9.17, 15) is 0 Å². The van der Waals surface area contributed by atoms with Crippen LogP contribution in [0.5, 0.6) is 0 Å². The van der Waals surface area contributed by atoms with Crippen molar-refractivity contribution >= 4 is 12.2 Å². The number of nitrogen functional groups attached to an aromatic ring is 1. The predicted octanol–water partition coefficient (Wildman–Crippen LogP) is 3.20. The minimum absolute atomic E-state index is 0.412. The molecule has 4 nitrogen and oxygen atoms in total. The normalized spacial score (nSPS) is 11.5. The Morgan fingerprint density at radius 1 is 0.950 bits per heavy atom. The fraction of sp³-hybridized carbons (Fsp3) is 0.375. The van der Waals surface area contributed by atoms with Gasteiger partial charge in [0.1, 0.15) is 0 Å². The molecule has 0 bridgehead atoms. The molecule has 0 aliphatic carbocycles. The molecule has 2 aromatic rings. The van der Waals surface area contributed by atoms with Gasteiger partial charge in [-0.3, -0.25) is 0 Å². The molecule has 0 atom stereocenters. The summed E-state index contributed by atoms with van der Waals surface area (Å²) in [5, 5.41) is 4.43. The molecule has 0 fully saturated rings. The molecule has 0 spiro atoms. The molecule has 1 aromatic carbocycles. The van der Waals surface area contributed by atoms with Gasteiger partial charge in [-0.1, -0.05) is 0 Å². The van der Waals surface area contributed by atoms with Crippen molar-refractivity contribution in [2.45, 2.75) is 41.5 Å². The van der Waals surface area contributed by atoms with E-state index in [1.54, 1.807) is 4.68 Å². The highest BCUT2D eigenvalue weighted by Crippen LogP contribution is 2.24. The van der Waals surface area contributed by atoms with Gasteiger partial charge in [-0.25, -0.2) is 9.66 Å². The van der Waals surface area contributed by atoms with E-state index in [0.717, 1.165) is 11.3 Å². The highest BCUT2D eigenvalue weighted by Gasteiger charge is 2.10. The Labute approximate surface area is 120 Å². The monoisotopic (exact) mass is 270 g/mol. The zero-order chi connectivity index (χ0) is 15.0. The van der Waals surface area contributed by atoms with Crippen LogP contribution in [0.25, 0.3) is 0 Å². The summed E-state index contributed by atoms with van der Waals surface area (Å²) < 4.78 is 1.61. The van der Waals surface area contributed by atoms with Crippen molar-refractivity contribution in [1.82, 2.24) is 9.66 Å². The van der Waals surface area contributed by atoms with E-state index < -0.39 is 0 Å². The molecular weight excluding hydrogens is 248 g/mol. The number of anilines is 1. The molecule has 4 heteroatoms. The maximum atomic E-state index is 5.80. The zero-order valence-electron chi connectivity index (χ0n) is 13.1. The molecule has 0 saturated carbocycles. The molecule has 2 rings (SSSR count). The zero-order valence-corrected chi connectivity index (χ0v) is 13.1. The van der Waals surface area contributed by atoms with Crippen LogP contribution in [0, 0.1) is 41.5 Å². The number of nitrogens with two attached hydrogens (primary N) is 1. The molecule has 20 heavy (non-hydrogen) atoms. The maximum Gasteiger partial charge on any atom is 0.221 e. The van der Waals surface area contributed by atoms with E-state index in [1.165, 1.54) is 27.8 Å². The molecule has 0 saturated heterocycles. The first-order chi connectivity index (χ1) is 9.32. The van der Waals surface area contributed by atoms with Gasteiger partial charge in [-0.2, -0.15) is 5.10 Å². The van der Waals surface area contributed by atoms with E-state index in [1.807, 2.05) is 19.3 Å². The maximum absolute atomic E-state index is 5.80. The largest absolute Gasteiger partial charge is 0.368 e. The van der Waals surface area contributed by atoms with E-state index in [-0.39, 0.29) is 0 Å². The summed E-state index contributed by atoms with van der Waals surface area (Å²) in [5.41, 5.74) is 14.4. The third-order valence-corrected chi connectivity index (χ3v) is 4.20. The number of hydrogen-bond donors (Lipinski definition) is 1. The Morgan fingerprint density at radius 2 is 1.45 bits per heavy atom. The molecule has 2 N–H and O–H groups in total. The van der Waals surface area contributed by atoms with Crippen LogP contribution in [0.4, 0.5) is 5.95 Å². The Bertz CT molecular complexity index is 664. The van der Waals surface area contributed by atoms with Gasteiger partial charge in [0.2, 0.25) is 5.95 Å². The Morgan fingerprint density at radius 3 is 1.90 bits per heavy atom. The average Bonchev–Trinajstić information content (AvgIpc) is 2.72. The van der Waals surface area contributed by atoms with E-state index in [4.69, 9.17) is 5.73 Å². The van der Waals surface area contributed by atoms with Crippen LogP contribution in [-0.4, -0.2) is 15.9 Å². The minimum atomic E-state index is 0.412. The van der Waals surface area contributed by atoms with Crippen molar-refractivity contribution in [3.63, 3.8) is 0 Å². The SMILES string of the molecule is Cc1cn(N=Cc2c(C)c(C)c(C)c(C)c2C)c(N)n1. The minimum Gasteiger partial charge on any atom is -0.368 e. The fourth-order valence-electron chi connectivity index (χ4n) is 2.44. The summed E-state index contributed by atoms with van der Waals surface area (Å²) in [5.74, 6) is 0.412. The van der Waals surface area contributed by atoms with Gasteiger partial charge in [0.25, 0.3) is 0 Å². The molecule has 0 aliphatic heterocycles. The topological polar surface area (TPSA) is 56.2 Å². The van der Waals surface area contributed by atoms with E-state index in [2.05, 4.69) is 44.7 Å². The van der Waals surface area contributed by atoms with Crippen molar-refractivity contribution in [1.29, 1.82) is 0 Å². The van der Waals surface area contributed by atoms with Crippen LogP contribution in [-0.2, 0) is 0 Å². The summed E-state index contributed by atoms with van der Waals surface area (Å²) in [6.07, 6.45) is 3.70. The number of benzene rings is 1. The van der Waals surface area contributed by atoms with Crippen LogP contribution >= 0.6 is 0 Å². The molecule has 0 amide bonds. The van der Waals surface area contributed by atoms with Gasteiger partial charge in [0, 0.05) is 5.56 Å². The van der Waals surface area contributed by atoms with E-state index >= 15 is 0 Å². The van der Waals surface area contributed by atoms with Gasteiger partial charge in [0.15, 0.2) is 0 Å². The van der Waals surface area contributed by atoms with Gasteiger partial charge >= 0.3 is 0 Å². The van der Waals surface area contributed by atoms with Crippen molar-refractivity contribution in [3.05, 3.63) is 45.3 Å². The molecule has 0 aliphatic rings. The van der Waals surface area contributed by atoms with Crippen molar-refractivity contribution < 1.29 is 0 Å². The smallest absolute Gasteiger partial charge is 0.221 e. The lowest BCUT2D eigenvalue weighted by Gasteiger charge is -2.15. The first-order valence-electron chi connectivity index (χ1n) is 6.75. The summed E-state index contributed by atoms with van der Waals surface area (Å²) in [7, 11) is 0. The second-order valence-electron chi connectivity index (χ2n) is 5.37. The molecule has 0 radical (unpaired) electrons. The van der Waals surface area contributed by atoms with E-state index in [0.29, 0.717) is 5.95 Å². The Kier molecular flexibility index (Phi) is 3.66. The Balaban J connectivity index is 2.52. The lowest BCUT2D eigenvalue weighted by Crippen LogP contribution is -2.03. The van der Waals surface area contributed by atoms with Crippen molar-refractivity contribution in [2.75, 3.05) is 5.73 Å². The second-order valence-corrected chi connectivity index (χ2v) is 5.37. The fourth-order valence-corrected chi connectivity index (χ4v) is 2.44. The Hall–Kier alpha value is -2.10. The number of nitrogens with zero attached hydrogens (tertiary/aromatic N) is 3. The molecule has 1 aromatic heterocycles. The van der Waals surface area contributed by atoms with Crippen LogP contribution < -0.4 is 5.73 Å². The van der Waals surface area contributed by atoms with Crippen LogP contribution in [0.2, 0.25) is 0 Å². The highest BCUT2D eigenvalue weighted by molar-refractivity contribution is 5.85. The number of imidazole rings is 1. The quantitative estimate of drug-likeness (QED) is 0.852. The summed E-state index contributed by atoms with van der Waals surface area (Å²) >= 11 is 0. The average molecular weight is 270 g/mol. The van der Waals surface area contributed by atoms with Gasteiger partial charge in [-0.05, 0) is 69.4 Å². The summed E-state index contributed by atoms with van der Waals surface area (Å²) in [6.45, 7) is 12.7. The molecule has 106 valence electrons. The third kappa shape index (κ3) is 2.33. The second kappa shape index (κ2) is 5.12. The van der Waals surface area contributed by atoms with Gasteiger partial charge < -0.3 is 5.73 Å². The van der Waals surface area contributed by atoms with Gasteiger partial charge in [-0.15, -0.1) is 0 Å². The molecular formula is C16H22N4. The first-order valence-corrected chi connectivity index (χ1v) is 6.75. The summed E-state index contributed by atoms with van der Waals surface area (Å²) in [4.78, 5) is 4.14. The lowest BCUT2D eigenvalue weighted by molar-refractivity contribution is 0.896. The van der Waals surface area contributed by atoms with Crippen LogP contribution in [0.1, 0.15) is 39.1 Å². The standard InChI is InChI=1S/C16H22N4/c1-9-8-20(16(17)19-9)18-7-15-13(5)11(3)10(2)12(4)14(15)6/h7-8H,1-6H3,(H2,17,19). The molecule has 0 unspecified atom stereocenters. The highest BCUT2D eigenvalue weighted by atomic mass is 15.4. The summed E-state index contributed by atoms with van der Waals surface area (Å²) in [6, 6.07) is 0. The number of aromatic nitrogens is 2. The molecule has 1 heterocycles. The number of rotatable bonds is 2. The van der Waals surface area contributed by atoms with Crippen molar-refractivity contribution in [2.24, 2.45) is 5.10 Å². The van der Waals surface area contributed by atoms with Crippen molar-refractivity contribution in [3.8, 4) is 0 Å². The number of hydrogen-bond acceptors (Lipinski definition) is 3. The first kappa shape index (κ1) is 14.3. The lowest BCUT2D eigenvalue weighted by atomic mass is 9.90.